The summed E-state index contributed by atoms with van der Waals surface area (Å²) in [4.78, 5) is 80.4. The van der Waals surface area contributed by atoms with Crippen LogP contribution in [0, 0.1) is 0 Å². The molecule has 20 nitrogen and oxygen atoms in total. The number of amides is 3. The zero-order valence-corrected chi connectivity index (χ0v) is 46.6. The van der Waals surface area contributed by atoms with Gasteiger partial charge in [0.05, 0.1) is 25.4 Å². The van der Waals surface area contributed by atoms with Gasteiger partial charge in [-0.3, -0.25) is 24.0 Å². The Balaban J connectivity index is 3.06. The van der Waals surface area contributed by atoms with Crippen LogP contribution in [0.25, 0.3) is 0 Å². The Kier molecular flexibility index (Phi) is 37.7. The van der Waals surface area contributed by atoms with Crippen LogP contribution in [0.4, 0.5) is 0 Å². The lowest BCUT2D eigenvalue weighted by atomic mass is 9.89. The molecule has 75 heavy (non-hydrogen) atoms. The third-order valence-corrected chi connectivity index (χ3v) is 14.3. The number of unbranched alkanes of at least 4 members (excludes halogenated alkanes) is 24. The van der Waals surface area contributed by atoms with E-state index in [0.29, 0.717) is 12.8 Å². The first-order chi connectivity index (χ1) is 35.8. The molecule has 0 spiro atoms. The van der Waals surface area contributed by atoms with Gasteiger partial charge in [0.1, 0.15) is 35.9 Å². The van der Waals surface area contributed by atoms with Gasteiger partial charge in [0.2, 0.25) is 17.7 Å². The second-order valence-corrected chi connectivity index (χ2v) is 21.1. The Hall–Kier alpha value is -3.50. The maximum Gasteiger partial charge on any atom is 0.326 e. The normalized spacial score (nSPS) is 20.5. The summed E-state index contributed by atoms with van der Waals surface area (Å²) in [7, 11) is 0. The van der Waals surface area contributed by atoms with Gasteiger partial charge in [-0.15, -0.1) is 0 Å². The van der Waals surface area contributed by atoms with Crippen molar-refractivity contribution < 1.29 is 73.2 Å². The van der Waals surface area contributed by atoms with Crippen LogP contribution in [0.2, 0.25) is 0 Å². The molecule has 1 aliphatic heterocycles. The van der Waals surface area contributed by atoms with Gasteiger partial charge in [-0.05, 0) is 40.0 Å². The monoisotopic (exact) mass is 1070 g/mol. The van der Waals surface area contributed by atoms with Crippen molar-refractivity contribution in [2.24, 2.45) is 17.2 Å². The summed E-state index contributed by atoms with van der Waals surface area (Å²) < 4.78 is 22.4. The summed E-state index contributed by atoms with van der Waals surface area (Å²) >= 11 is 0. The second kappa shape index (κ2) is 40.7. The molecule has 0 aromatic heterocycles. The van der Waals surface area contributed by atoms with Crippen LogP contribution in [0.15, 0.2) is 0 Å². The van der Waals surface area contributed by atoms with E-state index in [4.69, 9.17) is 36.1 Å². The number of aliphatic carboxylic acids is 1. The minimum absolute atomic E-state index is 0.0138. The molecular formula is C55H103N5O15. The number of ether oxygens (including phenoxy) is 4. The lowest BCUT2D eigenvalue weighted by Gasteiger charge is -2.42. The second-order valence-electron chi connectivity index (χ2n) is 21.1. The van der Waals surface area contributed by atoms with E-state index in [1.165, 1.54) is 124 Å². The number of nitrogens with zero attached hydrogens (tertiary/aromatic N) is 1. The van der Waals surface area contributed by atoms with Crippen molar-refractivity contribution in [2.45, 2.75) is 294 Å². The zero-order chi connectivity index (χ0) is 56.2. The third-order valence-electron chi connectivity index (χ3n) is 14.3. The van der Waals surface area contributed by atoms with Gasteiger partial charge in [-0.25, -0.2) is 4.79 Å². The fraction of sp³-hybridized carbons (Fsp3) is 0.891. The fourth-order valence-corrected chi connectivity index (χ4v) is 9.39. The molecule has 1 rings (SSSR count). The predicted octanol–water partition coefficient (Wildman–Crippen LogP) is 5.71. The number of carbonyl (C=O) groups excluding carboxylic acids is 5. The highest BCUT2D eigenvalue weighted by molar-refractivity contribution is 5.92. The summed E-state index contributed by atoms with van der Waals surface area (Å²) in [6.07, 6.45) is 17.9. The van der Waals surface area contributed by atoms with E-state index in [1.54, 1.807) is 0 Å². The smallest absolute Gasteiger partial charge is 0.326 e. The van der Waals surface area contributed by atoms with Crippen LogP contribution >= 0.6 is 0 Å². The summed E-state index contributed by atoms with van der Waals surface area (Å²) in [5, 5.41) is 53.4. The first kappa shape index (κ1) is 69.5. The number of hydrogen-bond donors (Lipinski definition) is 9. The van der Waals surface area contributed by atoms with E-state index in [2.05, 4.69) is 19.2 Å². The molecule has 0 bridgehead atoms. The Morgan fingerprint density at radius 1 is 0.680 bits per heavy atom. The number of nitrogens with one attached hydrogen (secondary N) is 1. The average Bonchev–Trinajstić information content (AvgIpc) is 3.37. The maximum absolute atomic E-state index is 14.1. The van der Waals surface area contributed by atoms with E-state index in [9.17, 15) is 54.3 Å². The van der Waals surface area contributed by atoms with Gasteiger partial charge < -0.3 is 71.9 Å². The van der Waals surface area contributed by atoms with Crippen LogP contribution in [-0.4, -0.2) is 152 Å². The Bertz CT molecular complexity index is 1590. The van der Waals surface area contributed by atoms with Crippen LogP contribution in [-0.2, 0) is 47.7 Å². The molecule has 0 aliphatic carbocycles. The minimum atomic E-state index is -2.25. The molecule has 3 amide bonds. The topological polar surface area (TPSA) is 334 Å². The molecule has 1 aliphatic rings. The molecule has 0 aromatic rings. The number of esters is 2. The molecule has 1 fully saturated rings. The summed E-state index contributed by atoms with van der Waals surface area (Å²) in [5.41, 5.74) is 16.1. The molecular weight excluding hydrogens is 971 g/mol. The fourth-order valence-electron chi connectivity index (χ4n) is 9.39. The molecule has 11 atom stereocenters. The molecule has 0 radical (unpaired) electrons. The minimum Gasteiger partial charge on any atom is -0.480 e. The summed E-state index contributed by atoms with van der Waals surface area (Å²) in [6.45, 7) is 6.43. The number of carboxylic acid groups (broad SMARTS) is 1. The van der Waals surface area contributed by atoms with E-state index < -0.39 is 128 Å². The first-order valence-electron chi connectivity index (χ1n) is 28.7. The molecule has 2 unspecified atom stereocenters. The molecule has 0 aromatic carbocycles. The van der Waals surface area contributed by atoms with Crippen LogP contribution in [0.1, 0.15) is 227 Å². The highest BCUT2D eigenvalue weighted by Gasteiger charge is 2.48. The largest absolute Gasteiger partial charge is 0.480 e. The van der Waals surface area contributed by atoms with Crippen molar-refractivity contribution in [3.63, 3.8) is 0 Å². The van der Waals surface area contributed by atoms with Crippen LogP contribution < -0.4 is 22.5 Å². The van der Waals surface area contributed by atoms with Crippen molar-refractivity contribution in [1.82, 2.24) is 10.2 Å². The average molecular weight is 1070 g/mol. The van der Waals surface area contributed by atoms with Crippen molar-refractivity contribution in [1.29, 1.82) is 0 Å². The summed E-state index contributed by atoms with van der Waals surface area (Å²) in [5.74, 6) is -5.77. The van der Waals surface area contributed by atoms with E-state index >= 15 is 0 Å². The third kappa shape index (κ3) is 28.6. The quantitative estimate of drug-likeness (QED) is 0.0260. The van der Waals surface area contributed by atoms with Crippen LogP contribution in [0.5, 0.6) is 0 Å². The molecule has 20 heteroatoms. The number of carbonyl (C=O) groups is 6. The molecule has 438 valence electrons. The Morgan fingerprint density at radius 2 is 1.11 bits per heavy atom. The van der Waals surface area contributed by atoms with E-state index in [0.717, 1.165) is 56.3 Å². The van der Waals surface area contributed by atoms with Gasteiger partial charge in [-0.1, -0.05) is 168 Å². The number of primary amides is 1. The molecule has 1 heterocycles. The molecule has 12 N–H and O–H groups in total. The van der Waals surface area contributed by atoms with Gasteiger partial charge in [0, 0.05) is 25.8 Å². The van der Waals surface area contributed by atoms with Crippen molar-refractivity contribution in [2.75, 3.05) is 19.8 Å². The zero-order valence-electron chi connectivity index (χ0n) is 46.6. The van der Waals surface area contributed by atoms with Crippen molar-refractivity contribution >= 4 is 35.6 Å². The van der Waals surface area contributed by atoms with E-state index in [1.807, 2.05) is 0 Å². The van der Waals surface area contributed by atoms with Crippen molar-refractivity contribution in [3.05, 3.63) is 0 Å². The number of carboxylic acids is 1. The first-order valence-corrected chi connectivity index (χ1v) is 28.7. The van der Waals surface area contributed by atoms with Gasteiger partial charge in [0.25, 0.3) is 0 Å². The predicted molar refractivity (Wildman–Crippen MR) is 286 cm³/mol. The highest BCUT2D eigenvalue weighted by Crippen LogP contribution is 2.25. The van der Waals surface area contributed by atoms with Gasteiger partial charge >= 0.3 is 17.9 Å². The maximum atomic E-state index is 14.1. The standard InChI is InChI=1S/C55H103N5O15/c1-6-8-10-12-14-16-18-20-22-24-26-28-30-32-45(64)73-43(38-62)50(75-46(65)33-31-29-27-25-23-21-19-17-15-13-11-9-7-2)55(5,58)54(71)59-41(51(57)67)34-35-44(63)60(40(4)52(68)69)36-39(3)72-49-47(56)53(70)74-42(37-61)48(49)66/h39-43,47-50,53,61-62,66,70H,6-38,56,58H2,1-5H3,(H2,57,67)(H,59,71)(H,68,69)/t39?,40-,41+,42+,43-,47+,48+,49+,50?,53-,55+/m0/s1. The van der Waals surface area contributed by atoms with Gasteiger partial charge in [0.15, 0.2) is 18.5 Å². The Morgan fingerprint density at radius 3 is 1.51 bits per heavy atom. The number of nitrogens with two attached hydrogens (primary N) is 3. The Labute approximate surface area is 448 Å². The number of hydrogen-bond acceptors (Lipinski definition) is 16. The molecule has 1 saturated heterocycles. The van der Waals surface area contributed by atoms with Gasteiger partial charge in [-0.2, -0.15) is 0 Å². The van der Waals surface area contributed by atoms with E-state index in [-0.39, 0.29) is 19.4 Å². The number of rotatable bonds is 46. The number of aliphatic hydroxyl groups is 4. The van der Waals surface area contributed by atoms with Crippen LogP contribution in [0.3, 0.4) is 0 Å². The lowest BCUT2D eigenvalue weighted by molar-refractivity contribution is -0.263. The molecule has 0 saturated carbocycles. The summed E-state index contributed by atoms with van der Waals surface area (Å²) in [6, 6.07) is -4.26. The SMILES string of the molecule is CCCCCCCCCCCCCCCC(=O)OC([C@H](CO)OC(=O)CCCCCCCCCCCCCCC)[C@@](C)(N)C(=O)N[C@H](CCC(=O)N(CC(C)O[C@@H]1[C@@H](N)[C@@H](O)O[C@H](CO)[C@H]1O)[C@@H](C)C(=O)O)C(N)=O. The number of aliphatic hydroxyl groups excluding tert-OH is 4. The lowest BCUT2D eigenvalue weighted by Crippen LogP contribution is -2.66. The highest BCUT2D eigenvalue weighted by atomic mass is 16.6. The van der Waals surface area contributed by atoms with Crippen molar-refractivity contribution in [3.8, 4) is 0 Å².